The van der Waals surface area contributed by atoms with Gasteiger partial charge >= 0.3 is 6.03 Å². The summed E-state index contributed by atoms with van der Waals surface area (Å²) in [7, 11) is 3.99. The molecule has 24 heavy (non-hydrogen) atoms. The number of carbonyl (C=O) groups excluding carboxylic acids is 1. The van der Waals surface area contributed by atoms with E-state index in [1.807, 2.05) is 27.0 Å². The van der Waals surface area contributed by atoms with Crippen molar-refractivity contribution in [2.45, 2.75) is 32.1 Å². The van der Waals surface area contributed by atoms with Crippen LogP contribution in [0, 0.1) is 11.7 Å². The van der Waals surface area contributed by atoms with Crippen LogP contribution in [0.4, 0.5) is 9.18 Å². The van der Waals surface area contributed by atoms with Crippen LogP contribution < -0.4 is 5.32 Å². The topological polar surface area (TPSA) is 35.6 Å². The first-order valence-electron chi connectivity index (χ1n) is 8.71. The lowest BCUT2D eigenvalue weighted by atomic mass is 9.84. The molecule has 1 aliphatic heterocycles. The summed E-state index contributed by atoms with van der Waals surface area (Å²) < 4.78 is 13.4. The lowest BCUT2D eigenvalue weighted by Gasteiger charge is -2.32. The molecule has 0 saturated carbocycles. The van der Waals surface area contributed by atoms with E-state index in [2.05, 4.69) is 17.3 Å². The number of halogens is 1. The first-order chi connectivity index (χ1) is 11.3. The van der Waals surface area contributed by atoms with Crippen LogP contribution in [0.3, 0.4) is 0 Å². The highest BCUT2D eigenvalue weighted by Gasteiger charge is 2.24. The van der Waals surface area contributed by atoms with Gasteiger partial charge in [-0.2, -0.15) is 0 Å². The molecule has 2 amide bonds. The summed E-state index contributed by atoms with van der Waals surface area (Å²) >= 11 is 0. The van der Waals surface area contributed by atoms with Crippen LogP contribution in [0.2, 0.25) is 0 Å². The molecule has 1 fully saturated rings. The third-order valence-electron chi connectivity index (χ3n) is 5.00. The Hall–Kier alpha value is -1.62. The maximum absolute atomic E-state index is 13.4. The zero-order valence-corrected chi connectivity index (χ0v) is 15.3. The van der Waals surface area contributed by atoms with Crippen molar-refractivity contribution in [2.75, 3.05) is 40.3 Å². The van der Waals surface area contributed by atoms with E-state index in [0.29, 0.717) is 12.5 Å². The molecule has 0 bridgehead atoms. The fraction of sp³-hybridized carbons (Fsp3) is 0.632. The fourth-order valence-corrected chi connectivity index (χ4v) is 3.16. The number of hydrogen-bond donors (Lipinski definition) is 1. The Morgan fingerprint density at radius 2 is 2.04 bits per heavy atom. The number of urea groups is 1. The van der Waals surface area contributed by atoms with Gasteiger partial charge in [0.2, 0.25) is 0 Å². The number of rotatable bonds is 5. The van der Waals surface area contributed by atoms with Gasteiger partial charge in [0.15, 0.2) is 0 Å². The maximum atomic E-state index is 13.4. The van der Waals surface area contributed by atoms with Gasteiger partial charge in [-0.3, -0.25) is 0 Å². The molecule has 1 aromatic carbocycles. The molecular formula is C19H30FN3O. The molecule has 4 nitrogen and oxygen atoms in total. The SMILES string of the molecule is CN1CCC(CN(C)C(=O)NCC(C)(C)c2cccc(F)c2)CC1. The summed E-state index contributed by atoms with van der Waals surface area (Å²) in [6.45, 7) is 7.50. The van der Waals surface area contributed by atoms with E-state index in [-0.39, 0.29) is 17.3 Å². The highest BCUT2D eigenvalue weighted by molar-refractivity contribution is 5.74. The Kier molecular flexibility index (Phi) is 6.21. The molecule has 0 aliphatic carbocycles. The smallest absolute Gasteiger partial charge is 0.317 e. The van der Waals surface area contributed by atoms with Gasteiger partial charge in [0, 0.05) is 25.6 Å². The van der Waals surface area contributed by atoms with Crippen molar-refractivity contribution in [2.24, 2.45) is 5.92 Å². The van der Waals surface area contributed by atoms with Crippen LogP contribution in [0.5, 0.6) is 0 Å². The minimum absolute atomic E-state index is 0.0570. The van der Waals surface area contributed by atoms with E-state index in [1.165, 1.54) is 12.1 Å². The second-order valence-corrected chi connectivity index (χ2v) is 7.68. The van der Waals surface area contributed by atoms with Crippen molar-refractivity contribution < 1.29 is 9.18 Å². The number of benzene rings is 1. The number of amides is 2. The number of piperidine rings is 1. The Morgan fingerprint density at radius 1 is 1.38 bits per heavy atom. The zero-order valence-electron chi connectivity index (χ0n) is 15.3. The van der Waals surface area contributed by atoms with Gasteiger partial charge in [-0.05, 0) is 56.6 Å². The molecule has 1 heterocycles. The van der Waals surface area contributed by atoms with Crippen molar-refractivity contribution in [3.05, 3.63) is 35.6 Å². The number of nitrogens with one attached hydrogen (secondary N) is 1. The van der Waals surface area contributed by atoms with Crippen molar-refractivity contribution in [3.63, 3.8) is 0 Å². The van der Waals surface area contributed by atoms with E-state index in [1.54, 1.807) is 11.0 Å². The molecule has 2 rings (SSSR count). The van der Waals surface area contributed by atoms with E-state index >= 15 is 0 Å². The number of hydrogen-bond acceptors (Lipinski definition) is 2. The van der Waals surface area contributed by atoms with Crippen molar-refractivity contribution >= 4 is 6.03 Å². The Bertz CT molecular complexity index is 553. The predicted molar refractivity (Wildman–Crippen MR) is 95.7 cm³/mol. The maximum Gasteiger partial charge on any atom is 0.317 e. The van der Waals surface area contributed by atoms with Crippen LogP contribution in [0.15, 0.2) is 24.3 Å². The van der Waals surface area contributed by atoms with Gasteiger partial charge in [-0.25, -0.2) is 9.18 Å². The number of carbonyl (C=O) groups is 1. The third-order valence-corrected chi connectivity index (χ3v) is 5.00. The summed E-state index contributed by atoms with van der Waals surface area (Å²) in [4.78, 5) is 16.5. The first kappa shape index (κ1) is 18.7. The normalized spacial score (nSPS) is 16.9. The number of likely N-dealkylation sites (tertiary alicyclic amines) is 1. The molecule has 0 atom stereocenters. The lowest BCUT2D eigenvalue weighted by molar-refractivity contribution is 0.169. The molecular weight excluding hydrogens is 305 g/mol. The molecule has 1 N–H and O–H groups in total. The number of nitrogens with zero attached hydrogens (tertiary/aromatic N) is 2. The van der Waals surface area contributed by atoms with Gasteiger partial charge in [0.1, 0.15) is 5.82 Å². The van der Waals surface area contributed by atoms with Crippen LogP contribution in [-0.2, 0) is 5.41 Å². The first-order valence-corrected chi connectivity index (χ1v) is 8.71. The average Bonchev–Trinajstić information content (AvgIpc) is 2.55. The summed E-state index contributed by atoms with van der Waals surface area (Å²) in [5.41, 5.74) is 0.576. The monoisotopic (exact) mass is 335 g/mol. The molecule has 0 spiro atoms. The van der Waals surface area contributed by atoms with E-state index < -0.39 is 0 Å². The molecule has 1 aliphatic rings. The van der Waals surface area contributed by atoms with E-state index in [4.69, 9.17) is 0 Å². The van der Waals surface area contributed by atoms with Crippen LogP contribution in [0.1, 0.15) is 32.3 Å². The lowest BCUT2D eigenvalue weighted by Crippen LogP contribution is -2.45. The van der Waals surface area contributed by atoms with Crippen molar-refractivity contribution in [3.8, 4) is 0 Å². The largest absolute Gasteiger partial charge is 0.337 e. The van der Waals surface area contributed by atoms with Gasteiger partial charge in [0.05, 0.1) is 0 Å². The third kappa shape index (κ3) is 5.20. The standard InChI is InChI=1S/C19H30FN3O/c1-19(2,16-6-5-7-17(20)12-16)14-21-18(24)23(4)13-15-8-10-22(3)11-9-15/h5-7,12,15H,8-11,13-14H2,1-4H3,(H,21,24). The highest BCUT2D eigenvalue weighted by Crippen LogP contribution is 2.23. The van der Waals surface area contributed by atoms with Crippen molar-refractivity contribution in [1.82, 2.24) is 15.1 Å². The summed E-state index contributed by atoms with van der Waals surface area (Å²) in [5, 5.41) is 2.99. The van der Waals surface area contributed by atoms with Crippen LogP contribution in [-0.4, -0.2) is 56.1 Å². The van der Waals surface area contributed by atoms with Crippen LogP contribution >= 0.6 is 0 Å². The summed E-state index contributed by atoms with van der Waals surface area (Å²) in [6, 6.07) is 6.53. The molecule has 1 saturated heterocycles. The highest BCUT2D eigenvalue weighted by atomic mass is 19.1. The minimum Gasteiger partial charge on any atom is -0.337 e. The van der Waals surface area contributed by atoms with Crippen molar-refractivity contribution in [1.29, 1.82) is 0 Å². The Balaban J connectivity index is 1.83. The zero-order chi connectivity index (χ0) is 17.7. The fourth-order valence-electron chi connectivity index (χ4n) is 3.16. The van der Waals surface area contributed by atoms with Gasteiger partial charge in [-0.1, -0.05) is 26.0 Å². The van der Waals surface area contributed by atoms with Gasteiger partial charge in [-0.15, -0.1) is 0 Å². The minimum atomic E-state index is -0.313. The molecule has 5 heteroatoms. The Morgan fingerprint density at radius 3 is 2.67 bits per heavy atom. The molecule has 1 aromatic rings. The molecule has 0 radical (unpaired) electrons. The second-order valence-electron chi connectivity index (χ2n) is 7.68. The average molecular weight is 335 g/mol. The predicted octanol–water partition coefficient (Wildman–Crippen LogP) is 3.09. The summed E-state index contributed by atoms with van der Waals surface area (Å²) in [6.07, 6.45) is 2.28. The van der Waals surface area contributed by atoms with E-state index in [0.717, 1.165) is 38.0 Å². The van der Waals surface area contributed by atoms with Gasteiger partial charge in [0.25, 0.3) is 0 Å². The Labute approximate surface area is 145 Å². The van der Waals surface area contributed by atoms with E-state index in [9.17, 15) is 9.18 Å². The summed E-state index contributed by atoms with van der Waals surface area (Å²) in [5.74, 6) is 0.333. The second kappa shape index (κ2) is 7.97. The molecule has 134 valence electrons. The van der Waals surface area contributed by atoms with Gasteiger partial charge < -0.3 is 15.1 Å². The van der Waals surface area contributed by atoms with Crippen LogP contribution in [0.25, 0.3) is 0 Å². The quantitative estimate of drug-likeness (QED) is 0.897. The molecule has 0 unspecified atom stereocenters. The molecule has 0 aromatic heterocycles.